The molecule has 2 N–H and O–H groups in total. The van der Waals surface area contributed by atoms with Gasteiger partial charge in [-0.15, -0.1) is 11.3 Å². The summed E-state index contributed by atoms with van der Waals surface area (Å²) in [6.45, 7) is 3.94. The number of rotatable bonds is 3. The van der Waals surface area contributed by atoms with Crippen LogP contribution in [-0.4, -0.2) is 12.9 Å². The molecule has 4 heteroatoms. The second-order valence-electron chi connectivity index (χ2n) is 4.11. The molecular weight excluding hydrogens is 246 g/mol. The maximum atomic E-state index is 12.4. The van der Waals surface area contributed by atoms with Crippen molar-refractivity contribution in [2.24, 2.45) is 0 Å². The number of nitrogen functional groups attached to an aromatic ring is 1. The van der Waals surface area contributed by atoms with Gasteiger partial charge in [0.05, 0.1) is 7.11 Å². The molecule has 0 fully saturated rings. The molecule has 2 rings (SSSR count). The number of hydrogen-bond donors (Lipinski definition) is 1. The molecule has 0 spiro atoms. The normalized spacial score (nSPS) is 10.4. The van der Waals surface area contributed by atoms with E-state index in [2.05, 4.69) is 0 Å². The van der Waals surface area contributed by atoms with Gasteiger partial charge in [-0.25, -0.2) is 0 Å². The summed E-state index contributed by atoms with van der Waals surface area (Å²) in [5, 5.41) is 0. The average molecular weight is 261 g/mol. The van der Waals surface area contributed by atoms with Gasteiger partial charge in [0.1, 0.15) is 5.75 Å². The van der Waals surface area contributed by atoms with Crippen LogP contribution in [0.25, 0.3) is 0 Å². The van der Waals surface area contributed by atoms with Crippen molar-refractivity contribution in [1.82, 2.24) is 0 Å². The zero-order valence-corrected chi connectivity index (χ0v) is 11.4. The van der Waals surface area contributed by atoms with Crippen LogP contribution in [0.5, 0.6) is 5.75 Å². The minimum Gasteiger partial charge on any atom is -0.497 e. The van der Waals surface area contributed by atoms with E-state index in [0.717, 1.165) is 15.3 Å². The summed E-state index contributed by atoms with van der Waals surface area (Å²) in [5.74, 6) is 0.588. The highest BCUT2D eigenvalue weighted by Crippen LogP contribution is 2.27. The molecule has 0 atom stereocenters. The number of thiophene rings is 1. The van der Waals surface area contributed by atoms with E-state index in [1.165, 1.54) is 0 Å². The van der Waals surface area contributed by atoms with Crippen molar-refractivity contribution in [3.63, 3.8) is 0 Å². The Morgan fingerprint density at radius 3 is 2.50 bits per heavy atom. The molecule has 3 nitrogen and oxygen atoms in total. The van der Waals surface area contributed by atoms with Gasteiger partial charge < -0.3 is 10.5 Å². The Hall–Kier alpha value is -1.81. The second-order valence-corrected chi connectivity index (χ2v) is 5.57. The van der Waals surface area contributed by atoms with E-state index in [-0.39, 0.29) is 5.78 Å². The molecule has 0 saturated carbocycles. The molecule has 18 heavy (non-hydrogen) atoms. The van der Waals surface area contributed by atoms with Crippen LogP contribution < -0.4 is 10.5 Å². The standard InChI is InChI=1S/C14H15NO2S/c1-8-6-11(9(2)18-8)14(16)12-7-10(17-3)4-5-13(12)15/h4-7H,15H2,1-3H3. The molecule has 0 unspecified atom stereocenters. The van der Waals surface area contributed by atoms with Crippen molar-refractivity contribution < 1.29 is 9.53 Å². The van der Waals surface area contributed by atoms with Gasteiger partial charge in [0, 0.05) is 26.6 Å². The lowest BCUT2D eigenvalue weighted by molar-refractivity contribution is 0.103. The maximum Gasteiger partial charge on any atom is 0.196 e. The van der Waals surface area contributed by atoms with E-state index in [0.29, 0.717) is 17.0 Å². The van der Waals surface area contributed by atoms with Crippen LogP contribution in [0.15, 0.2) is 24.3 Å². The lowest BCUT2D eigenvalue weighted by atomic mass is 10.0. The predicted octanol–water partition coefficient (Wildman–Crippen LogP) is 3.19. The zero-order valence-electron chi connectivity index (χ0n) is 10.6. The molecule has 2 aromatic rings. The van der Waals surface area contributed by atoms with Crippen LogP contribution in [0.4, 0.5) is 5.69 Å². The SMILES string of the molecule is COc1ccc(N)c(C(=O)c2cc(C)sc2C)c1. The number of carbonyl (C=O) groups excluding carboxylic acids is 1. The highest BCUT2D eigenvalue weighted by molar-refractivity contribution is 7.12. The van der Waals surface area contributed by atoms with Gasteiger partial charge in [-0.2, -0.15) is 0 Å². The minimum atomic E-state index is -0.0479. The van der Waals surface area contributed by atoms with E-state index in [4.69, 9.17) is 10.5 Å². The molecule has 0 saturated heterocycles. The number of methoxy groups -OCH3 is 1. The van der Waals surface area contributed by atoms with Gasteiger partial charge in [-0.3, -0.25) is 4.79 Å². The van der Waals surface area contributed by atoms with E-state index < -0.39 is 0 Å². The fourth-order valence-electron chi connectivity index (χ4n) is 1.86. The molecule has 0 aliphatic heterocycles. The first kappa shape index (κ1) is 12.6. The number of nitrogens with two attached hydrogens (primary N) is 1. The molecule has 1 heterocycles. The van der Waals surface area contributed by atoms with Crippen LogP contribution >= 0.6 is 11.3 Å². The quantitative estimate of drug-likeness (QED) is 0.682. The number of aryl methyl sites for hydroxylation is 2. The van der Waals surface area contributed by atoms with Gasteiger partial charge in [-0.05, 0) is 38.1 Å². The molecule has 0 bridgehead atoms. The zero-order chi connectivity index (χ0) is 13.3. The number of anilines is 1. The van der Waals surface area contributed by atoms with Crippen LogP contribution in [0, 0.1) is 13.8 Å². The third-order valence-electron chi connectivity index (χ3n) is 2.79. The van der Waals surface area contributed by atoms with Crippen molar-refractivity contribution in [1.29, 1.82) is 0 Å². The fraction of sp³-hybridized carbons (Fsp3) is 0.214. The Kier molecular flexibility index (Phi) is 3.39. The van der Waals surface area contributed by atoms with Crippen LogP contribution in [0.2, 0.25) is 0 Å². The molecular formula is C14H15NO2S. The molecule has 1 aromatic carbocycles. The van der Waals surface area contributed by atoms with Crippen LogP contribution in [-0.2, 0) is 0 Å². The van der Waals surface area contributed by atoms with Crippen molar-refractivity contribution in [3.05, 3.63) is 45.1 Å². The fourth-order valence-corrected chi connectivity index (χ4v) is 2.78. The van der Waals surface area contributed by atoms with E-state index in [1.807, 2.05) is 19.9 Å². The lowest BCUT2D eigenvalue weighted by Gasteiger charge is -2.07. The lowest BCUT2D eigenvalue weighted by Crippen LogP contribution is -2.06. The van der Waals surface area contributed by atoms with Crippen molar-refractivity contribution in [3.8, 4) is 5.75 Å². The number of hydrogen-bond acceptors (Lipinski definition) is 4. The Balaban J connectivity index is 2.48. The highest BCUT2D eigenvalue weighted by Gasteiger charge is 2.17. The van der Waals surface area contributed by atoms with Gasteiger partial charge >= 0.3 is 0 Å². The van der Waals surface area contributed by atoms with Gasteiger partial charge in [0.15, 0.2) is 5.78 Å². The first-order valence-electron chi connectivity index (χ1n) is 5.58. The summed E-state index contributed by atoms with van der Waals surface area (Å²) in [6.07, 6.45) is 0. The van der Waals surface area contributed by atoms with Crippen LogP contribution in [0.3, 0.4) is 0 Å². The number of ketones is 1. The van der Waals surface area contributed by atoms with Crippen molar-refractivity contribution in [2.45, 2.75) is 13.8 Å². The van der Waals surface area contributed by atoms with Crippen molar-refractivity contribution in [2.75, 3.05) is 12.8 Å². The number of benzene rings is 1. The van der Waals surface area contributed by atoms with E-state index in [1.54, 1.807) is 36.6 Å². The largest absolute Gasteiger partial charge is 0.497 e. The van der Waals surface area contributed by atoms with E-state index in [9.17, 15) is 4.79 Å². The maximum absolute atomic E-state index is 12.4. The molecule has 94 valence electrons. The first-order valence-corrected chi connectivity index (χ1v) is 6.40. The minimum absolute atomic E-state index is 0.0479. The first-order chi connectivity index (χ1) is 8.52. The second kappa shape index (κ2) is 4.82. The smallest absolute Gasteiger partial charge is 0.196 e. The van der Waals surface area contributed by atoms with Gasteiger partial charge in [0.2, 0.25) is 0 Å². The molecule has 0 aliphatic rings. The topological polar surface area (TPSA) is 52.3 Å². The molecule has 0 amide bonds. The third-order valence-corrected chi connectivity index (χ3v) is 3.76. The molecule has 1 aromatic heterocycles. The Bertz CT molecular complexity index is 602. The summed E-state index contributed by atoms with van der Waals surface area (Å²) >= 11 is 1.62. The molecule has 0 aliphatic carbocycles. The van der Waals surface area contributed by atoms with Gasteiger partial charge in [-0.1, -0.05) is 0 Å². The van der Waals surface area contributed by atoms with Crippen molar-refractivity contribution >= 4 is 22.8 Å². The summed E-state index contributed by atoms with van der Waals surface area (Å²) < 4.78 is 5.13. The summed E-state index contributed by atoms with van der Waals surface area (Å²) in [7, 11) is 1.57. The number of carbonyl (C=O) groups is 1. The molecule has 0 radical (unpaired) electrons. The summed E-state index contributed by atoms with van der Waals surface area (Å²) in [5.41, 5.74) is 7.56. The predicted molar refractivity (Wildman–Crippen MR) is 74.6 cm³/mol. The Labute approximate surface area is 110 Å². The summed E-state index contributed by atoms with van der Waals surface area (Å²) in [6, 6.07) is 7.03. The Morgan fingerprint density at radius 2 is 1.94 bits per heavy atom. The highest BCUT2D eigenvalue weighted by atomic mass is 32.1. The average Bonchev–Trinajstić information content (AvgIpc) is 2.68. The summed E-state index contributed by atoms with van der Waals surface area (Å²) in [4.78, 5) is 14.6. The third kappa shape index (κ3) is 2.24. The van der Waals surface area contributed by atoms with Gasteiger partial charge in [0.25, 0.3) is 0 Å². The van der Waals surface area contributed by atoms with E-state index >= 15 is 0 Å². The van der Waals surface area contributed by atoms with Crippen LogP contribution in [0.1, 0.15) is 25.7 Å². The number of ether oxygens (including phenoxy) is 1. The monoisotopic (exact) mass is 261 g/mol. The Morgan fingerprint density at radius 1 is 1.22 bits per heavy atom.